The number of methoxy groups -OCH3 is 1. The number of hydrogen-bond donors (Lipinski definition) is 2. The van der Waals surface area contributed by atoms with Gasteiger partial charge in [0.2, 0.25) is 0 Å². The molecule has 0 spiro atoms. The molecule has 4 rings (SSSR count). The predicted molar refractivity (Wildman–Crippen MR) is 105 cm³/mol. The SMILES string of the molecule is COc1cccc(C2CCN2CC2CNNC2c2ccc(C)c(C)c2)c1. The van der Waals surface area contributed by atoms with Crippen LogP contribution in [-0.2, 0) is 0 Å². The van der Waals surface area contributed by atoms with Crippen LogP contribution in [0, 0.1) is 19.8 Å². The molecule has 2 aromatic carbocycles. The van der Waals surface area contributed by atoms with E-state index >= 15 is 0 Å². The van der Waals surface area contributed by atoms with Gasteiger partial charge in [-0.15, -0.1) is 0 Å². The van der Waals surface area contributed by atoms with Crippen molar-refractivity contribution in [1.29, 1.82) is 0 Å². The molecule has 3 unspecified atom stereocenters. The number of aryl methyl sites for hydroxylation is 2. The first-order valence-corrected chi connectivity index (χ1v) is 9.59. The van der Waals surface area contributed by atoms with E-state index in [2.05, 4.69) is 66.0 Å². The Labute approximate surface area is 156 Å². The largest absolute Gasteiger partial charge is 0.497 e. The van der Waals surface area contributed by atoms with Crippen molar-refractivity contribution in [3.63, 3.8) is 0 Å². The summed E-state index contributed by atoms with van der Waals surface area (Å²) in [6.45, 7) is 7.68. The molecule has 4 heteroatoms. The van der Waals surface area contributed by atoms with Gasteiger partial charge in [0, 0.05) is 31.6 Å². The number of ether oxygens (including phenoxy) is 1. The summed E-state index contributed by atoms with van der Waals surface area (Å²) in [5.74, 6) is 1.53. The molecule has 0 radical (unpaired) electrons. The predicted octanol–water partition coefficient (Wildman–Crippen LogP) is 3.52. The van der Waals surface area contributed by atoms with E-state index in [1.807, 2.05) is 6.07 Å². The Kier molecular flexibility index (Phi) is 4.98. The summed E-state index contributed by atoms with van der Waals surface area (Å²) < 4.78 is 5.40. The summed E-state index contributed by atoms with van der Waals surface area (Å²) in [5.41, 5.74) is 12.4. The van der Waals surface area contributed by atoms with E-state index in [-0.39, 0.29) is 0 Å². The van der Waals surface area contributed by atoms with E-state index in [0.717, 1.165) is 18.8 Å². The lowest BCUT2D eigenvalue weighted by Gasteiger charge is -2.43. The van der Waals surface area contributed by atoms with Crippen LogP contribution in [0.3, 0.4) is 0 Å². The quantitative estimate of drug-likeness (QED) is 0.864. The van der Waals surface area contributed by atoms with Crippen LogP contribution in [0.4, 0.5) is 0 Å². The van der Waals surface area contributed by atoms with Crippen LogP contribution >= 0.6 is 0 Å². The highest BCUT2D eigenvalue weighted by Crippen LogP contribution is 2.37. The fraction of sp³-hybridized carbons (Fsp3) is 0.455. The zero-order valence-electron chi connectivity index (χ0n) is 16.0. The van der Waals surface area contributed by atoms with Crippen molar-refractivity contribution in [3.8, 4) is 5.75 Å². The lowest BCUT2D eigenvalue weighted by molar-refractivity contribution is 0.0699. The van der Waals surface area contributed by atoms with Crippen LogP contribution in [0.15, 0.2) is 42.5 Å². The van der Waals surface area contributed by atoms with Crippen LogP contribution in [0.1, 0.15) is 40.8 Å². The lowest BCUT2D eigenvalue weighted by atomic mass is 9.88. The Hall–Kier alpha value is -1.88. The first-order valence-electron chi connectivity index (χ1n) is 9.59. The zero-order valence-corrected chi connectivity index (χ0v) is 16.0. The molecular formula is C22H29N3O. The van der Waals surface area contributed by atoms with Crippen molar-refractivity contribution < 1.29 is 4.74 Å². The fourth-order valence-electron chi connectivity index (χ4n) is 4.21. The molecule has 2 N–H and O–H groups in total. The summed E-state index contributed by atoms with van der Waals surface area (Å²) in [6, 6.07) is 16.3. The summed E-state index contributed by atoms with van der Waals surface area (Å²) in [4.78, 5) is 2.61. The van der Waals surface area contributed by atoms with Gasteiger partial charge in [0.05, 0.1) is 13.2 Å². The van der Waals surface area contributed by atoms with Gasteiger partial charge >= 0.3 is 0 Å². The van der Waals surface area contributed by atoms with Crippen molar-refractivity contribution in [1.82, 2.24) is 15.8 Å². The van der Waals surface area contributed by atoms with Gasteiger partial charge in [0.15, 0.2) is 0 Å². The minimum Gasteiger partial charge on any atom is -0.497 e. The third-order valence-electron chi connectivity index (χ3n) is 6.06. The van der Waals surface area contributed by atoms with Gasteiger partial charge < -0.3 is 4.74 Å². The third kappa shape index (κ3) is 3.37. The summed E-state index contributed by atoms with van der Waals surface area (Å²) >= 11 is 0. The molecule has 0 bridgehead atoms. The van der Waals surface area contributed by atoms with Gasteiger partial charge in [-0.1, -0.05) is 30.3 Å². The van der Waals surface area contributed by atoms with E-state index in [4.69, 9.17) is 4.74 Å². The van der Waals surface area contributed by atoms with E-state index in [1.165, 1.54) is 35.2 Å². The minimum absolute atomic E-state index is 0.376. The highest BCUT2D eigenvalue weighted by molar-refractivity contribution is 5.33. The van der Waals surface area contributed by atoms with E-state index in [1.54, 1.807) is 7.11 Å². The van der Waals surface area contributed by atoms with Crippen molar-refractivity contribution in [2.24, 2.45) is 5.92 Å². The Morgan fingerprint density at radius 1 is 1.08 bits per heavy atom. The second kappa shape index (κ2) is 7.39. The molecule has 2 fully saturated rings. The molecule has 0 saturated carbocycles. The normalized spacial score (nSPS) is 25.9. The summed E-state index contributed by atoms with van der Waals surface area (Å²) in [7, 11) is 1.74. The number of rotatable bonds is 5. The smallest absolute Gasteiger partial charge is 0.119 e. The molecule has 0 aliphatic carbocycles. The zero-order chi connectivity index (χ0) is 18.1. The molecule has 0 amide bonds. The van der Waals surface area contributed by atoms with Gasteiger partial charge in [-0.2, -0.15) is 0 Å². The van der Waals surface area contributed by atoms with Crippen LogP contribution in [0.2, 0.25) is 0 Å². The molecule has 0 aromatic heterocycles. The molecule has 2 heterocycles. The molecule has 4 nitrogen and oxygen atoms in total. The van der Waals surface area contributed by atoms with Crippen molar-refractivity contribution in [3.05, 3.63) is 64.7 Å². The van der Waals surface area contributed by atoms with Gasteiger partial charge in [-0.3, -0.25) is 10.3 Å². The van der Waals surface area contributed by atoms with Gasteiger partial charge in [-0.05, 0) is 54.7 Å². The topological polar surface area (TPSA) is 36.5 Å². The molecule has 26 heavy (non-hydrogen) atoms. The maximum absolute atomic E-state index is 5.40. The molecule has 138 valence electrons. The highest BCUT2D eigenvalue weighted by atomic mass is 16.5. The monoisotopic (exact) mass is 351 g/mol. The third-order valence-corrected chi connectivity index (χ3v) is 6.06. The number of nitrogens with one attached hydrogen (secondary N) is 2. The average Bonchev–Trinajstić information content (AvgIpc) is 3.09. The highest BCUT2D eigenvalue weighted by Gasteiger charge is 2.36. The van der Waals surface area contributed by atoms with Crippen molar-refractivity contribution >= 4 is 0 Å². The Morgan fingerprint density at radius 2 is 1.96 bits per heavy atom. The van der Waals surface area contributed by atoms with E-state index in [0.29, 0.717) is 18.0 Å². The lowest BCUT2D eigenvalue weighted by Crippen LogP contribution is -2.44. The maximum Gasteiger partial charge on any atom is 0.119 e. The molecular weight excluding hydrogens is 322 g/mol. The summed E-state index contributed by atoms with van der Waals surface area (Å²) in [6.07, 6.45) is 1.23. The van der Waals surface area contributed by atoms with Gasteiger partial charge in [-0.25, -0.2) is 5.43 Å². The standard InChI is InChI=1S/C22H29N3O/c1-15-7-8-18(11-16(15)2)22-19(13-23-24-22)14-25-10-9-21(25)17-5-4-6-20(12-17)26-3/h4-8,11-12,19,21-24H,9-10,13-14H2,1-3H3. The fourth-order valence-corrected chi connectivity index (χ4v) is 4.21. The number of likely N-dealkylation sites (tertiary alicyclic amines) is 1. The number of hydrazine groups is 1. The van der Waals surface area contributed by atoms with E-state index < -0.39 is 0 Å². The minimum atomic E-state index is 0.376. The first kappa shape index (κ1) is 17.5. The number of benzene rings is 2. The Bertz CT molecular complexity index is 776. The van der Waals surface area contributed by atoms with Crippen LogP contribution in [0.5, 0.6) is 5.75 Å². The maximum atomic E-state index is 5.40. The Morgan fingerprint density at radius 3 is 2.69 bits per heavy atom. The molecule has 2 aliphatic rings. The van der Waals surface area contributed by atoms with Gasteiger partial charge in [0.1, 0.15) is 5.75 Å². The molecule has 2 aliphatic heterocycles. The van der Waals surface area contributed by atoms with Crippen molar-refractivity contribution in [2.45, 2.75) is 32.4 Å². The first-order chi connectivity index (χ1) is 12.7. The van der Waals surface area contributed by atoms with Crippen LogP contribution < -0.4 is 15.6 Å². The molecule has 2 saturated heterocycles. The number of hydrogen-bond acceptors (Lipinski definition) is 4. The van der Waals surface area contributed by atoms with Crippen LogP contribution in [0.25, 0.3) is 0 Å². The second-order valence-electron chi connectivity index (χ2n) is 7.68. The summed E-state index contributed by atoms with van der Waals surface area (Å²) in [5, 5.41) is 0. The number of nitrogens with zero attached hydrogens (tertiary/aromatic N) is 1. The average molecular weight is 351 g/mol. The van der Waals surface area contributed by atoms with Crippen molar-refractivity contribution in [2.75, 3.05) is 26.7 Å². The second-order valence-corrected chi connectivity index (χ2v) is 7.68. The van der Waals surface area contributed by atoms with E-state index in [9.17, 15) is 0 Å². The molecule has 2 aromatic rings. The molecule has 3 atom stereocenters. The Balaban J connectivity index is 1.46. The van der Waals surface area contributed by atoms with Gasteiger partial charge in [0.25, 0.3) is 0 Å². The van der Waals surface area contributed by atoms with Crippen LogP contribution in [-0.4, -0.2) is 31.6 Å².